The predicted molar refractivity (Wildman–Crippen MR) is 74.2 cm³/mol. The second kappa shape index (κ2) is 4.41. The van der Waals surface area contributed by atoms with Crippen molar-refractivity contribution in [3.05, 3.63) is 59.7 Å². The number of fused-ring (bicyclic) bond motifs is 1. The van der Waals surface area contributed by atoms with Crippen molar-refractivity contribution >= 4 is 0 Å². The van der Waals surface area contributed by atoms with Crippen molar-refractivity contribution in [2.45, 2.75) is 12.8 Å². The summed E-state index contributed by atoms with van der Waals surface area (Å²) in [5.74, 6) is 0. The van der Waals surface area contributed by atoms with Gasteiger partial charge in [0.25, 0.3) is 0 Å². The molecule has 1 saturated heterocycles. The van der Waals surface area contributed by atoms with Crippen LogP contribution in [0.3, 0.4) is 0 Å². The van der Waals surface area contributed by atoms with Crippen LogP contribution in [0.25, 0.3) is 0 Å². The lowest BCUT2D eigenvalue weighted by Crippen LogP contribution is -2.43. The van der Waals surface area contributed by atoms with E-state index in [2.05, 4.69) is 40.7 Å². The Morgan fingerprint density at radius 3 is 2.89 bits per heavy atom. The fourth-order valence-electron chi connectivity index (χ4n) is 2.60. The van der Waals surface area contributed by atoms with Crippen LogP contribution in [0.5, 0.6) is 0 Å². The Kier molecular flexibility index (Phi) is 2.74. The molecule has 3 nitrogen and oxygen atoms in total. The Labute approximate surface area is 108 Å². The molecule has 3 heteroatoms. The zero-order chi connectivity index (χ0) is 12.5. The minimum absolute atomic E-state index is 0.781. The molecule has 0 saturated carbocycles. The molecular weight excluding hydrogens is 222 g/mol. The lowest BCUT2D eigenvalue weighted by molar-refractivity contribution is 0.254. The van der Waals surface area contributed by atoms with Gasteiger partial charge in [0.15, 0.2) is 0 Å². The van der Waals surface area contributed by atoms with Crippen molar-refractivity contribution in [1.82, 2.24) is 9.80 Å². The smallest absolute Gasteiger partial charge is 0.0582 e. The zero-order valence-corrected chi connectivity index (χ0v) is 10.6. The molecule has 3 rings (SSSR count). The summed E-state index contributed by atoms with van der Waals surface area (Å²) in [6.45, 7) is 6.96. The summed E-state index contributed by atoms with van der Waals surface area (Å²) in [6, 6.07) is 0. The highest BCUT2D eigenvalue weighted by Crippen LogP contribution is 2.26. The topological polar surface area (TPSA) is 32.5 Å². The molecule has 0 spiro atoms. The Balaban J connectivity index is 1.78. The van der Waals surface area contributed by atoms with Crippen LogP contribution < -0.4 is 5.73 Å². The fraction of sp³-hybridized carbons (Fsp3) is 0.333. The number of allylic oxidation sites excluding steroid dienone is 4. The second-order valence-electron chi connectivity index (χ2n) is 4.97. The monoisotopic (exact) mass is 241 g/mol. The van der Waals surface area contributed by atoms with E-state index in [4.69, 9.17) is 5.73 Å². The summed E-state index contributed by atoms with van der Waals surface area (Å²) in [5.41, 5.74) is 10.3. The molecule has 2 heterocycles. The first kappa shape index (κ1) is 11.2. The molecule has 0 bridgehead atoms. The first-order valence-electron chi connectivity index (χ1n) is 6.49. The highest BCUT2D eigenvalue weighted by molar-refractivity contribution is 5.42. The van der Waals surface area contributed by atoms with Gasteiger partial charge >= 0.3 is 0 Å². The van der Waals surface area contributed by atoms with Crippen molar-refractivity contribution in [2.24, 2.45) is 5.73 Å². The maximum Gasteiger partial charge on any atom is 0.0582 e. The van der Waals surface area contributed by atoms with Gasteiger partial charge in [-0.25, -0.2) is 0 Å². The van der Waals surface area contributed by atoms with Gasteiger partial charge in [0.2, 0.25) is 0 Å². The molecule has 2 N–H and O–H groups in total. The van der Waals surface area contributed by atoms with Crippen LogP contribution >= 0.6 is 0 Å². The third-order valence-corrected chi connectivity index (χ3v) is 3.68. The number of nitrogens with zero attached hydrogens (tertiary/aromatic N) is 2. The first-order chi connectivity index (χ1) is 8.74. The van der Waals surface area contributed by atoms with Gasteiger partial charge < -0.3 is 15.5 Å². The van der Waals surface area contributed by atoms with Crippen LogP contribution in [0.1, 0.15) is 12.8 Å². The quantitative estimate of drug-likeness (QED) is 0.763. The van der Waals surface area contributed by atoms with Crippen LogP contribution in [-0.2, 0) is 0 Å². The maximum atomic E-state index is 5.90. The Hall–Kier alpha value is -1.90. The molecule has 0 unspecified atom stereocenters. The van der Waals surface area contributed by atoms with Gasteiger partial charge in [-0.2, -0.15) is 0 Å². The molecule has 3 aliphatic rings. The normalized spacial score (nSPS) is 23.3. The third kappa shape index (κ3) is 1.96. The van der Waals surface area contributed by atoms with Gasteiger partial charge in [-0.15, -0.1) is 0 Å². The van der Waals surface area contributed by atoms with Crippen molar-refractivity contribution < 1.29 is 0 Å². The summed E-state index contributed by atoms with van der Waals surface area (Å²) in [4.78, 5) is 4.67. The van der Waals surface area contributed by atoms with Crippen molar-refractivity contribution in [2.75, 3.05) is 19.6 Å². The molecular formula is C15H19N3. The Bertz CT molecular complexity index is 494. The maximum absolute atomic E-state index is 5.90. The number of hydrogen-bond donors (Lipinski definition) is 1. The van der Waals surface area contributed by atoms with Crippen LogP contribution in [0.15, 0.2) is 59.7 Å². The number of hydrogen-bond acceptors (Lipinski definition) is 3. The van der Waals surface area contributed by atoms with E-state index in [0.29, 0.717) is 0 Å². The van der Waals surface area contributed by atoms with E-state index in [9.17, 15) is 0 Å². The predicted octanol–water partition coefficient (Wildman–Crippen LogP) is 2.09. The summed E-state index contributed by atoms with van der Waals surface area (Å²) < 4.78 is 0. The number of piperazine rings is 1. The van der Waals surface area contributed by atoms with E-state index < -0.39 is 0 Å². The molecule has 1 fully saturated rings. The summed E-state index contributed by atoms with van der Waals surface area (Å²) in [6.07, 6.45) is 13.3. The van der Waals surface area contributed by atoms with Crippen LogP contribution in [0.4, 0.5) is 0 Å². The molecule has 94 valence electrons. The zero-order valence-electron chi connectivity index (χ0n) is 10.6. The van der Waals surface area contributed by atoms with E-state index in [0.717, 1.165) is 37.3 Å². The standard InChI is InChI=1S/C15H19N3/c1-12-9-14-10-17(13-5-3-2-4-6-13)7-8-18(14)11-15(12)16/h3,5-6,9,11H,1-2,4,7-8,10,16H2. The molecule has 0 aromatic carbocycles. The minimum atomic E-state index is 0.781. The SMILES string of the molecule is C=C1C=C2CN(C3=CCCC=C3)CCN2C=C1N. The summed E-state index contributed by atoms with van der Waals surface area (Å²) >= 11 is 0. The highest BCUT2D eigenvalue weighted by atomic mass is 15.3. The van der Waals surface area contributed by atoms with Crippen LogP contribution in [0.2, 0.25) is 0 Å². The minimum Gasteiger partial charge on any atom is -0.397 e. The largest absolute Gasteiger partial charge is 0.397 e. The van der Waals surface area contributed by atoms with E-state index in [1.165, 1.54) is 17.8 Å². The molecule has 0 aromatic rings. The second-order valence-corrected chi connectivity index (χ2v) is 4.97. The lowest BCUT2D eigenvalue weighted by atomic mass is 10.1. The third-order valence-electron chi connectivity index (χ3n) is 3.68. The van der Waals surface area contributed by atoms with Gasteiger partial charge in [-0.1, -0.05) is 18.7 Å². The molecule has 18 heavy (non-hydrogen) atoms. The van der Waals surface area contributed by atoms with Crippen LogP contribution in [-0.4, -0.2) is 29.4 Å². The fourth-order valence-corrected chi connectivity index (χ4v) is 2.60. The highest BCUT2D eigenvalue weighted by Gasteiger charge is 2.23. The number of rotatable bonds is 1. The van der Waals surface area contributed by atoms with E-state index in [1.54, 1.807) is 0 Å². The van der Waals surface area contributed by atoms with Gasteiger partial charge in [0, 0.05) is 30.7 Å². The summed E-state index contributed by atoms with van der Waals surface area (Å²) in [5, 5.41) is 0. The van der Waals surface area contributed by atoms with Crippen molar-refractivity contribution in [3.63, 3.8) is 0 Å². The van der Waals surface area contributed by atoms with Crippen LogP contribution in [0, 0.1) is 0 Å². The molecule has 2 aliphatic heterocycles. The van der Waals surface area contributed by atoms with E-state index >= 15 is 0 Å². The Morgan fingerprint density at radius 2 is 2.11 bits per heavy atom. The molecule has 0 atom stereocenters. The van der Waals surface area contributed by atoms with Gasteiger partial charge in [0.05, 0.1) is 12.2 Å². The number of nitrogens with two attached hydrogens (primary N) is 1. The first-order valence-corrected chi connectivity index (χ1v) is 6.49. The lowest BCUT2D eigenvalue weighted by Gasteiger charge is -2.40. The Morgan fingerprint density at radius 1 is 1.22 bits per heavy atom. The van der Waals surface area contributed by atoms with E-state index in [1.807, 2.05) is 6.20 Å². The van der Waals surface area contributed by atoms with E-state index in [-0.39, 0.29) is 0 Å². The average Bonchev–Trinajstić information content (AvgIpc) is 2.41. The molecule has 0 aromatic heterocycles. The summed E-state index contributed by atoms with van der Waals surface area (Å²) in [7, 11) is 0. The molecule has 1 aliphatic carbocycles. The van der Waals surface area contributed by atoms with Gasteiger partial charge in [-0.05, 0) is 30.6 Å². The van der Waals surface area contributed by atoms with Crippen molar-refractivity contribution in [1.29, 1.82) is 0 Å². The molecule has 0 radical (unpaired) electrons. The molecule has 0 amide bonds. The van der Waals surface area contributed by atoms with Gasteiger partial charge in [0.1, 0.15) is 0 Å². The van der Waals surface area contributed by atoms with Crippen molar-refractivity contribution in [3.8, 4) is 0 Å². The van der Waals surface area contributed by atoms with Gasteiger partial charge in [-0.3, -0.25) is 0 Å². The average molecular weight is 241 g/mol.